The van der Waals surface area contributed by atoms with Gasteiger partial charge in [-0.05, 0) is 76.4 Å². The maximum Gasteiger partial charge on any atom is 0.253 e. The van der Waals surface area contributed by atoms with Gasteiger partial charge in [0, 0.05) is 24.3 Å². The zero-order valence-electron chi connectivity index (χ0n) is 17.2. The number of amides is 1. The molecule has 0 aliphatic carbocycles. The number of carbonyl (C=O) groups excluding carboxylic acids is 1. The van der Waals surface area contributed by atoms with Crippen LogP contribution in [-0.2, 0) is 0 Å². The molecule has 0 fully saturated rings. The average molecular weight is 363 g/mol. The quantitative estimate of drug-likeness (QED) is 0.548. The van der Waals surface area contributed by atoms with Crippen molar-refractivity contribution in [2.24, 2.45) is 0 Å². The molecule has 0 saturated carbocycles. The number of rotatable bonds is 13. The van der Waals surface area contributed by atoms with Gasteiger partial charge in [0.1, 0.15) is 0 Å². The van der Waals surface area contributed by atoms with Gasteiger partial charge in [-0.1, -0.05) is 27.7 Å². The third kappa shape index (κ3) is 7.75. The second-order valence-electron chi connectivity index (χ2n) is 6.68. The highest BCUT2D eigenvalue weighted by Gasteiger charge is 2.16. The molecule has 2 N–H and O–H groups in total. The minimum atomic E-state index is 0.115. The second-order valence-corrected chi connectivity index (χ2v) is 6.68. The Labute approximate surface area is 160 Å². The van der Waals surface area contributed by atoms with Crippen molar-refractivity contribution in [1.29, 1.82) is 0 Å². The predicted molar refractivity (Wildman–Crippen MR) is 112 cm³/mol. The summed E-state index contributed by atoms with van der Waals surface area (Å²) in [6.45, 7) is 16.7. The lowest BCUT2D eigenvalue weighted by Crippen LogP contribution is -2.36. The summed E-state index contributed by atoms with van der Waals surface area (Å²) in [4.78, 5) is 19.8. The predicted octanol–water partition coefficient (Wildman–Crippen LogP) is 3.17. The number of nitrogens with two attached hydrogens (primary N) is 1. The van der Waals surface area contributed by atoms with Crippen molar-refractivity contribution in [1.82, 2.24) is 14.7 Å². The molecule has 0 saturated heterocycles. The van der Waals surface area contributed by atoms with Crippen LogP contribution in [0.3, 0.4) is 0 Å². The lowest BCUT2D eigenvalue weighted by Gasteiger charge is -2.26. The number of hydrogen-bond acceptors (Lipinski definition) is 4. The van der Waals surface area contributed by atoms with Gasteiger partial charge in [-0.2, -0.15) is 0 Å². The molecule has 0 aliphatic heterocycles. The van der Waals surface area contributed by atoms with Crippen LogP contribution in [0.4, 0.5) is 5.69 Å². The Bertz CT molecular complexity index is 477. The summed E-state index contributed by atoms with van der Waals surface area (Å²) in [7, 11) is 0. The Hall–Kier alpha value is -1.59. The maximum atomic E-state index is 12.9. The summed E-state index contributed by atoms with van der Waals surface area (Å²) >= 11 is 0. The summed E-state index contributed by atoms with van der Waals surface area (Å²) in [5.41, 5.74) is 7.17. The van der Waals surface area contributed by atoms with Gasteiger partial charge in [0.25, 0.3) is 5.91 Å². The molecule has 0 unspecified atom stereocenters. The fourth-order valence-corrected chi connectivity index (χ4v) is 3.17. The lowest BCUT2D eigenvalue weighted by atomic mass is 10.1. The van der Waals surface area contributed by atoms with Crippen molar-refractivity contribution in [3.63, 3.8) is 0 Å². The standard InChI is InChI=1S/C21H38N4O/c1-5-23(6-2)15-9-17-25(18-10-16-24(7-3)8-4)21(26)19-11-13-20(22)14-12-19/h11-14H,5-10,15-18,22H2,1-4H3. The van der Waals surface area contributed by atoms with E-state index in [-0.39, 0.29) is 5.91 Å². The van der Waals surface area contributed by atoms with Gasteiger partial charge >= 0.3 is 0 Å². The highest BCUT2D eigenvalue weighted by Crippen LogP contribution is 2.10. The van der Waals surface area contributed by atoms with Crippen LogP contribution in [0, 0.1) is 0 Å². The van der Waals surface area contributed by atoms with Crippen LogP contribution in [0.1, 0.15) is 50.9 Å². The zero-order chi connectivity index (χ0) is 19.4. The van der Waals surface area contributed by atoms with E-state index in [0.717, 1.165) is 70.8 Å². The van der Waals surface area contributed by atoms with Gasteiger partial charge in [-0.25, -0.2) is 0 Å². The van der Waals surface area contributed by atoms with E-state index in [1.165, 1.54) is 0 Å². The molecule has 0 heterocycles. The van der Waals surface area contributed by atoms with E-state index in [9.17, 15) is 4.79 Å². The largest absolute Gasteiger partial charge is 0.399 e. The molecular weight excluding hydrogens is 324 g/mol. The molecule has 5 heteroatoms. The number of nitrogen functional groups attached to an aromatic ring is 1. The summed E-state index contributed by atoms with van der Waals surface area (Å²) < 4.78 is 0. The maximum absolute atomic E-state index is 12.9. The molecule has 0 aromatic heterocycles. The Morgan fingerprint density at radius 1 is 0.769 bits per heavy atom. The van der Waals surface area contributed by atoms with Gasteiger partial charge in [-0.15, -0.1) is 0 Å². The van der Waals surface area contributed by atoms with Crippen molar-refractivity contribution in [3.05, 3.63) is 29.8 Å². The zero-order valence-corrected chi connectivity index (χ0v) is 17.2. The first-order valence-electron chi connectivity index (χ1n) is 10.1. The van der Waals surface area contributed by atoms with E-state index in [1.54, 1.807) is 12.1 Å². The van der Waals surface area contributed by atoms with Crippen LogP contribution in [0.25, 0.3) is 0 Å². The summed E-state index contributed by atoms with van der Waals surface area (Å²) in [5, 5.41) is 0. The van der Waals surface area contributed by atoms with Crippen LogP contribution < -0.4 is 5.73 Å². The number of nitrogens with zero attached hydrogens (tertiary/aromatic N) is 3. The lowest BCUT2D eigenvalue weighted by molar-refractivity contribution is 0.0741. The van der Waals surface area contributed by atoms with Crippen molar-refractivity contribution in [2.75, 3.05) is 58.1 Å². The molecule has 1 aromatic rings. The van der Waals surface area contributed by atoms with Crippen LogP contribution in [0.15, 0.2) is 24.3 Å². The second kappa shape index (κ2) is 12.7. The van der Waals surface area contributed by atoms with Crippen molar-refractivity contribution in [2.45, 2.75) is 40.5 Å². The highest BCUT2D eigenvalue weighted by atomic mass is 16.2. The Balaban J connectivity index is 2.67. The summed E-state index contributed by atoms with van der Waals surface area (Å²) in [6, 6.07) is 7.27. The Kier molecular flexibility index (Phi) is 11.0. The first kappa shape index (κ1) is 22.5. The normalized spacial score (nSPS) is 11.3. The van der Waals surface area contributed by atoms with Crippen molar-refractivity contribution in [3.8, 4) is 0 Å². The van der Waals surface area contributed by atoms with Crippen LogP contribution in [-0.4, -0.2) is 73.0 Å². The van der Waals surface area contributed by atoms with E-state index in [2.05, 4.69) is 37.5 Å². The minimum Gasteiger partial charge on any atom is -0.399 e. The molecule has 0 atom stereocenters. The van der Waals surface area contributed by atoms with Crippen molar-refractivity contribution < 1.29 is 4.79 Å². The van der Waals surface area contributed by atoms with Crippen LogP contribution in [0.2, 0.25) is 0 Å². The van der Waals surface area contributed by atoms with E-state index >= 15 is 0 Å². The number of benzene rings is 1. The van der Waals surface area contributed by atoms with Crippen LogP contribution >= 0.6 is 0 Å². The molecule has 26 heavy (non-hydrogen) atoms. The summed E-state index contributed by atoms with van der Waals surface area (Å²) in [5.74, 6) is 0.115. The average Bonchev–Trinajstić information content (AvgIpc) is 2.67. The molecule has 0 bridgehead atoms. The van der Waals surface area contributed by atoms with Crippen molar-refractivity contribution >= 4 is 11.6 Å². The molecule has 0 radical (unpaired) electrons. The monoisotopic (exact) mass is 362 g/mol. The Morgan fingerprint density at radius 3 is 1.58 bits per heavy atom. The Morgan fingerprint density at radius 2 is 1.19 bits per heavy atom. The smallest absolute Gasteiger partial charge is 0.253 e. The van der Waals surface area contributed by atoms with E-state index in [1.807, 2.05) is 17.0 Å². The minimum absolute atomic E-state index is 0.115. The summed E-state index contributed by atoms with van der Waals surface area (Å²) in [6.07, 6.45) is 2.02. The van der Waals surface area contributed by atoms with Gasteiger partial charge in [0.05, 0.1) is 0 Å². The molecule has 0 aliphatic rings. The SMILES string of the molecule is CCN(CC)CCCN(CCCN(CC)CC)C(=O)c1ccc(N)cc1. The van der Waals surface area contributed by atoms with Crippen LogP contribution in [0.5, 0.6) is 0 Å². The van der Waals surface area contributed by atoms with E-state index in [4.69, 9.17) is 5.73 Å². The fraction of sp³-hybridized carbons (Fsp3) is 0.667. The highest BCUT2D eigenvalue weighted by molar-refractivity contribution is 5.94. The molecule has 5 nitrogen and oxygen atoms in total. The third-order valence-electron chi connectivity index (χ3n) is 5.04. The van der Waals surface area contributed by atoms with Gasteiger partial charge in [0.15, 0.2) is 0 Å². The molecule has 1 amide bonds. The molecule has 1 aromatic carbocycles. The molecular formula is C21H38N4O. The van der Waals surface area contributed by atoms with Gasteiger partial charge in [0.2, 0.25) is 0 Å². The molecule has 0 spiro atoms. The van der Waals surface area contributed by atoms with Gasteiger partial charge < -0.3 is 20.4 Å². The topological polar surface area (TPSA) is 52.8 Å². The number of anilines is 1. The van der Waals surface area contributed by atoms with Gasteiger partial charge in [-0.3, -0.25) is 4.79 Å². The fourth-order valence-electron chi connectivity index (χ4n) is 3.17. The molecule has 1 rings (SSSR count). The third-order valence-corrected chi connectivity index (χ3v) is 5.04. The number of hydrogen-bond donors (Lipinski definition) is 1. The van der Waals surface area contributed by atoms with E-state index in [0.29, 0.717) is 5.69 Å². The first-order chi connectivity index (χ1) is 12.5. The number of carbonyl (C=O) groups is 1. The molecule has 148 valence electrons. The first-order valence-corrected chi connectivity index (χ1v) is 10.1. The van der Waals surface area contributed by atoms with E-state index < -0.39 is 0 Å².